The molecule has 120 valence electrons. The van der Waals surface area contributed by atoms with Gasteiger partial charge >= 0.3 is 0 Å². The quantitative estimate of drug-likeness (QED) is 0.846. The second kappa shape index (κ2) is 4.99. The Labute approximate surface area is 135 Å². The third kappa shape index (κ3) is 1.99. The fraction of sp³-hybridized carbons (Fsp3) is 0.500. The molecule has 0 unspecified atom stereocenters. The molecule has 1 aromatic carbocycles. The number of carbonyl (C=O) groups excluding carboxylic acids is 1. The second-order valence-electron chi connectivity index (χ2n) is 6.95. The van der Waals surface area contributed by atoms with Crippen LogP contribution in [0.2, 0.25) is 0 Å². The van der Waals surface area contributed by atoms with E-state index in [4.69, 9.17) is 0 Å². The van der Waals surface area contributed by atoms with Crippen LogP contribution in [0.5, 0.6) is 0 Å². The number of nitrogens with zero attached hydrogens (tertiary/aromatic N) is 2. The van der Waals surface area contributed by atoms with E-state index in [2.05, 4.69) is 27.3 Å². The van der Waals surface area contributed by atoms with E-state index in [1.807, 2.05) is 11.0 Å². The number of fused-ring (bicyclic) bond motifs is 3. The number of carbonyl (C=O) groups is 1. The average Bonchev–Trinajstić information content (AvgIpc) is 3.03. The molecule has 6 rings (SSSR count). The molecule has 2 N–H and O–H groups in total. The van der Waals surface area contributed by atoms with Crippen LogP contribution in [0.1, 0.15) is 34.8 Å². The molecular formula is C18H22N4O. The van der Waals surface area contributed by atoms with Crippen LogP contribution in [-0.2, 0) is 0 Å². The molecule has 0 radical (unpaired) electrons. The first-order valence-corrected chi connectivity index (χ1v) is 8.72. The number of aromatic amines is 1. The van der Waals surface area contributed by atoms with Crippen molar-refractivity contribution in [2.75, 3.05) is 44.2 Å². The number of hydrogen-bond donors (Lipinski definition) is 2. The van der Waals surface area contributed by atoms with Gasteiger partial charge in [-0.15, -0.1) is 0 Å². The van der Waals surface area contributed by atoms with Gasteiger partial charge in [-0.3, -0.25) is 4.79 Å². The van der Waals surface area contributed by atoms with E-state index in [0.29, 0.717) is 5.92 Å². The summed E-state index contributed by atoms with van der Waals surface area (Å²) in [4.78, 5) is 20.8. The minimum absolute atomic E-state index is 0.166. The van der Waals surface area contributed by atoms with Gasteiger partial charge < -0.3 is 20.1 Å². The number of rotatable bonds is 1. The standard InChI is InChI=1S/C18H22N4O/c23-18(22-9-5-19-6-10-22)13-1-2-15-14(11-13)17-16(20-15)12-3-7-21(17)8-4-12/h1-2,11-12,19-20H,3-10H2. The van der Waals surface area contributed by atoms with E-state index < -0.39 is 0 Å². The highest BCUT2D eigenvalue weighted by molar-refractivity contribution is 6.03. The number of nitrogens with one attached hydrogen (secondary N) is 2. The van der Waals surface area contributed by atoms with Gasteiger partial charge in [-0.05, 0) is 31.0 Å². The van der Waals surface area contributed by atoms with Crippen molar-refractivity contribution in [2.45, 2.75) is 18.8 Å². The van der Waals surface area contributed by atoms with E-state index in [9.17, 15) is 4.79 Å². The van der Waals surface area contributed by atoms with Crippen LogP contribution in [0, 0.1) is 0 Å². The highest BCUT2D eigenvalue weighted by atomic mass is 16.2. The van der Waals surface area contributed by atoms with Crippen LogP contribution >= 0.6 is 0 Å². The second-order valence-corrected chi connectivity index (χ2v) is 6.95. The molecule has 0 aliphatic carbocycles. The zero-order valence-corrected chi connectivity index (χ0v) is 13.3. The van der Waals surface area contributed by atoms with E-state index in [0.717, 1.165) is 44.8 Å². The van der Waals surface area contributed by atoms with Gasteiger partial charge in [0.2, 0.25) is 0 Å². The predicted molar refractivity (Wildman–Crippen MR) is 91.3 cm³/mol. The molecule has 5 heterocycles. The Morgan fingerprint density at radius 3 is 2.65 bits per heavy atom. The summed E-state index contributed by atoms with van der Waals surface area (Å²) in [5.74, 6) is 0.842. The normalized spacial score (nSPS) is 21.0. The van der Waals surface area contributed by atoms with Gasteiger partial charge in [0.15, 0.2) is 0 Å². The molecule has 5 nitrogen and oxygen atoms in total. The Morgan fingerprint density at radius 1 is 1.09 bits per heavy atom. The summed E-state index contributed by atoms with van der Waals surface area (Å²) in [6.45, 7) is 5.69. The predicted octanol–water partition coefficient (Wildman–Crippen LogP) is 1.91. The summed E-state index contributed by atoms with van der Waals surface area (Å²) in [5, 5.41) is 4.53. The van der Waals surface area contributed by atoms with Crippen molar-refractivity contribution >= 4 is 22.5 Å². The van der Waals surface area contributed by atoms with Crippen LogP contribution in [0.25, 0.3) is 10.9 Å². The largest absolute Gasteiger partial charge is 0.370 e. The van der Waals surface area contributed by atoms with Crippen molar-refractivity contribution in [3.63, 3.8) is 0 Å². The first kappa shape index (κ1) is 13.4. The molecule has 4 aliphatic heterocycles. The van der Waals surface area contributed by atoms with Gasteiger partial charge in [0.25, 0.3) is 5.91 Å². The Balaban J connectivity index is 1.57. The minimum atomic E-state index is 0.166. The lowest BCUT2D eigenvalue weighted by Crippen LogP contribution is -2.46. The van der Waals surface area contributed by atoms with Crippen LogP contribution in [0.15, 0.2) is 18.2 Å². The highest BCUT2D eigenvalue weighted by Gasteiger charge is 2.34. The van der Waals surface area contributed by atoms with Crippen LogP contribution in [0.3, 0.4) is 0 Å². The first-order valence-electron chi connectivity index (χ1n) is 8.72. The lowest BCUT2D eigenvalue weighted by Gasteiger charge is -2.40. The molecule has 2 fully saturated rings. The van der Waals surface area contributed by atoms with Crippen LogP contribution in [-0.4, -0.2) is 55.1 Å². The number of H-pyrrole nitrogens is 1. The number of piperazine rings is 1. The van der Waals surface area contributed by atoms with Crippen molar-refractivity contribution in [3.8, 4) is 0 Å². The molecule has 0 saturated carbocycles. The summed E-state index contributed by atoms with van der Waals surface area (Å²) >= 11 is 0. The Morgan fingerprint density at radius 2 is 1.87 bits per heavy atom. The zero-order chi connectivity index (χ0) is 15.4. The van der Waals surface area contributed by atoms with Crippen molar-refractivity contribution in [3.05, 3.63) is 29.5 Å². The fourth-order valence-corrected chi connectivity index (χ4v) is 4.41. The summed E-state index contributed by atoms with van der Waals surface area (Å²) in [7, 11) is 0. The molecule has 1 aromatic heterocycles. The molecule has 2 saturated heterocycles. The SMILES string of the molecule is O=C(c1ccc2[nH]c3c(c2c1)N1CCC3CC1)N1CCNCC1. The van der Waals surface area contributed by atoms with Gasteiger partial charge in [-0.1, -0.05) is 0 Å². The van der Waals surface area contributed by atoms with Gasteiger partial charge in [-0.25, -0.2) is 0 Å². The Bertz CT molecular complexity index is 767. The van der Waals surface area contributed by atoms with E-state index in [1.165, 1.54) is 35.1 Å². The molecule has 5 heteroatoms. The molecular weight excluding hydrogens is 288 g/mol. The maximum Gasteiger partial charge on any atom is 0.253 e. The maximum absolute atomic E-state index is 12.8. The molecule has 0 spiro atoms. The van der Waals surface area contributed by atoms with Gasteiger partial charge in [-0.2, -0.15) is 0 Å². The lowest BCUT2D eigenvalue weighted by atomic mass is 9.87. The molecule has 0 atom stereocenters. The summed E-state index contributed by atoms with van der Waals surface area (Å²) < 4.78 is 0. The van der Waals surface area contributed by atoms with Gasteiger partial charge in [0.1, 0.15) is 0 Å². The number of piperidine rings is 1. The lowest BCUT2D eigenvalue weighted by molar-refractivity contribution is 0.0736. The van der Waals surface area contributed by atoms with Crippen LogP contribution < -0.4 is 10.2 Å². The molecule has 2 bridgehead atoms. The van der Waals surface area contributed by atoms with Crippen molar-refractivity contribution in [2.24, 2.45) is 0 Å². The van der Waals surface area contributed by atoms with Crippen molar-refractivity contribution in [1.29, 1.82) is 0 Å². The van der Waals surface area contributed by atoms with Gasteiger partial charge in [0.05, 0.1) is 5.69 Å². The Hall–Kier alpha value is -2.01. The summed E-state index contributed by atoms with van der Waals surface area (Å²) in [6, 6.07) is 6.17. The summed E-state index contributed by atoms with van der Waals surface area (Å²) in [6.07, 6.45) is 2.51. The number of aromatic nitrogens is 1. The van der Waals surface area contributed by atoms with Crippen molar-refractivity contribution < 1.29 is 4.79 Å². The van der Waals surface area contributed by atoms with Crippen LogP contribution in [0.4, 0.5) is 5.69 Å². The monoisotopic (exact) mass is 310 g/mol. The first-order chi connectivity index (χ1) is 11.3. The fourth-order valence-electron chi connectivity index (χ4n) is 4.41. The number of hydrogen-bond acceptors (Lipinski definition) is 3. The smallest absolute Gasteiger partial charge is 0.253 e. The summed E-state index contributed by atoms with van der Waals surface area (Å²) in [5.41, 5.74) is 4.75. The number of amides is 1. The number of benzene rings is 1. The van der Waals surface area contributed by atoms with E-state index in [-0.39, 0.29) is 5.91 Å². The van der Waals surface area contributed by atoms with Crippen molar-refractivity contribution in [1.82, 2.24) is 15.2 Å². The highest BCUT2D eigenvalue weighted by Crippen LogP contribution is 2.45. The average molecular weight is 310 g/mol. The molecule has 1 amide bonds. The molecule has 23 heavy (non-hydrogen) atoms. The zero-order valence-electron chi connectivity index (χ0n) is 13.3. The molecule has 2 aromatic rings. The topological polar surface area (TPSA) is 51.4 Å². The minimum Gasteiger partial charge on any atom is -0.370 e. The van der Waals surface area contributed by atoms with E-state index >= 15 is 0 Å². The maximum atomic E-state index is 12.8. The Kier molecular flexibility index (Phi) is 2.92. The third-order valence-electron chi connectivity index (χ3n) is 5.67. The van der Waals surface area contributed by atoms with Gasteiger partial charge in [0, 0.05) is 67.3 Å². The third-order valence-corrected chi connectivity index (χ3v) is 5.67. The van der Waals surface area contributed by atoms with E-state index in [1.54, 1.807) is 0 Å². The molecule has 4 aliphatic rings. The number of anilines is 1.